The Labute approximate surface area is 281 Å². The van der Waals surface area contributed by atoms with Crippen molar-refractivity contribution in [2.24, 2.45) is 10.7 Å². The van der Waals surface area contributed by atoms with Crippen molar-refractivity contribution >= 4 is 11.8 Å². The van der Waals surface area contributed by atoms with E-state index in [-0.39, 0.29) is 0 Å². The third-order valence-corrected chi connectivity index (χ3v) is 8.74. The summed E-state index contributed by atoms with van der Waals surface area (Å²) in [5.41, 5.74) is 5.65. The number of carboxylic acids is 1. The molecule has 1 heterocycles. The van der Waals surface area contributed by atoms with Crippen molar-refractivity contribution in [3.05, 3.63) is 24.3 Å². The number of unbranched alkanes of at least 4 members (excludes halogenated alkanes) is 22. The molecule has 264 valence electrons. The van der Waals surface area contributed by atoms with Crippen LogP contribution in [0.5, 0.6) is 0 Å². The summed E-state index contributed by atoms with van der Waals surface area (Å²) in [5, 5.41) is 8.51. The van der Waals surface area contributed by atoms with Crippen LogP contribution in [0.1, 0.15) is 194 Å². The van der Waals surface area contributed by atoms with Crippen molar-refractivity contribution in [2.45, 2.75) is 194 Å². The van der Waals surface area contributed by atoms with Crippen LogP contribution in [0.15, 0.2) is 29.3 Å². The molecule has 0 atom stereocenters. The van der Waals surface area contributed by atoms with Crippen molar-refractivity contribution in [2.75, 3.05) is 26.2 Å². The van der Waals surface area contributed by atoms with Gasteiger partial charge >= 0.3 is 5.97 Å². The van der Waals surface area contributed by atoms with Gasteiger partial charge in [-0.25, -0.2) is 0 Å². The Bertz CT molecular complexity index is 704. The third kappa shape index (κ3) is 33.6. The van der Waals surface area contributed by atoms with Gasteiger partial charge in [-0.3, -0.25) is 9.79 Å². The van der Waals surface area contributed by atoms with E-state index in [1.165, 1.54) is 160 Å². The standard InChI is InChI=1S/C22H43N3.C18H34O2/c1-2-3-4-5-6-7-8-9-10-11-12-13-14-15-16-17-22-24-19-21-25(22)20-18-23;1-2-3-4-5-6-7-8-9-10-11-12-13-14-15-16-17-18(19)20/h9-10H,2-8,11-21,23H2,1H3;9-10H,2-8,11-17H2,1H3,(H,19,20)/b10-9+;10-9-. The smallest absolute Gasteiger partial charge is 0.303 e. The van der Waals surface area contributed by atoms with Gasteiger partial charge in [-0.1, -0.05) is 141 Å². The molecule has 0 bridgehead atoms. The first-order valence-electron chi connectivity index (χ1n) is 19.7. The Morgan fingerprint density at radius 2 is 1.04 bits per heavy atom. The molecule has 0 aromatic heterocycles. The predicted molar refractivity (Wildman–Crippen MR) is 199 cm³/mol. The average molecular weight is 632 g/mol. The molecule has 0 saturated heterocycles. The number of carboxylic acid groups (broad SMARTS) is 1. The van der Waals surface area contributed by atoms with E-state index in [1.54, 1.807) is 0 Å². The van der Waals surface area contributed by atoms with E-state index in [0.29, 0.717) is 6.42 Å². The number of aliphatic imine (C=N–C) groups is 1. The molecular weight excluding hydrogens is 554 g/mol. The first kappa shape index (κ1) is 43.4. The van der Waals surface area contributed by atoms with Gasteiger partial charge in [0.25, 0.3) is 0 Å². The van der Waals surface area contributed by atoms with Crippen LogP contribution in [0.25, 0.3) is 0 Å². The molecule has 45 heavy (non-hydrogen) atoms. The lowest BCUT2D eigenvalue weighted by Crippen LogP contribution is -2.32. The lowest BCUT2D eigenvalue weighted by Gasteiger charge is -2.19. The maximum atomic E-state index is 10.3. The first-order chi connectivity index (χ1) is 22.2. The number of nitrogens with zero attached hydrogens (tertiary/aromatic N) is 2. The van der Waals surface area contributed by atoms with E-state index in [0.717, 1.165) is 45.4 Å². The molecular formula is C40H77N3O2. The van der Waals surface area contributed by atoms with Crippen LogP contribution in [-0.2, 0) is 4.79 Å². The van der Waals surface area contributed by atoms with Crippen LogP contribution < -0.4 is 5.73 Å². The largest absolute Gasteiger partial charge is 0.481 e. The number of aliphatic carboxylic acids is 1. The summed E-state index contributed by atoms with van der Waals surface area (Å²) in [5.74, 6) is 0.644. The van der Waals surface area contributed by atoms with Crippen molar-refractivity contribution in [1.82, 2.24) is 4.90 Å². The molecule has 1 rings (SSSR count). The Kier molecular flexibility index (Phi) is 35.5. The highest BCUT2D eigenvalue weighted by atomic mass is 16.4. The van der Waals surface area contributed by atoms with Gasteiger partial charge in [0.1, 0.15) is 0 Å². The van der Waals surface area contributed by atoms with E-state index in [9.17, 15) is 4.79 Å². The highest BCUT2D eigenvalue weighted by Crippen LogP contribution is 2.13. The number of hydrogen-bond acceptors (Lipinski definition) is 4. The molecule has 0 aliphatic carbocycles. The van der Waals surface area contributed by atoms with Gasteiger partial charge in [0.15, 0.2) is 0 Å². The van der Waals surface area contributed by atoms with E-state index in [4.69, 9.17) is 10.8 Å². The summed E-state index contributed by atoms with van der Waals surface area (Å²) >= 11 is 0. The van der Waals surface area contributed by atoms with Gasteiger partial charge in [-0.2, -0.15) is 0 Å². The van der Waals surface area contributed by atoms with Gasteiger partial charge in [0.2, 0.25) is 0 Å². The summed E-state index contributed by atoms with van der Waals surface area (Å²) in [6, 6.07) is 0. The Morgan fingerprint density at radius 3 is 1.47 bits per heavy atom. The third-order valence-electron chi connectivity index (χ3n) is 8.74. The summed E-state index contributed by atoms with van der Waals surface area (Å²) in [6.45, 7) is 8.31. The van der Waals surface area contributed by atoms with Crippen LogP contribution in [0, 0.1) is 0 Å². The molecule has 0 saturated carbocycles. The molecule has 0 amide bonds. The zero-order valence-electron chi connectivity index (χ0n) is 30.3. The Morgan fingerprint density at radius 1 is 0.644 bits per heavy atom. The second-order valence-corrected chi connectivity index (χ2v) is 13.1. The predicted octanol–water partition coefficient (Wildman–Crippen LogP) is 11.8. The van der Waals surface area contributed by atoms with Crippen molar-refractivity contribution in [3.63, 3.8) is 0 Å². The second kappa shape index (κ2) is 36.8. The highest BCUT2D eigenvalue weighted by Gasteiger charge is 2.14. The zero-order chi connectivity index (χ0) is 32.9. The van der Waals surface area contributed by atoms with Crippen molar-refractivity contribution in [1.29, 1.82) is 0 Å². The fourth-order valence-electron chi connectivity index (χ4n) is 5.86. The maximum Gasteiger partial charge on any atom is 0.303 e. The van der Waals surface area contributed by atoms with Gasteiger partial charge < -0.3 is 15.7 Å². The number of rotatable bonds is 32. The molecule has 5 heteroatoms. The molecule has 0 fully saturated rings. The minimum absolute atomic E-state index is 0.332. The minimum atomic E-state index is -0.664. The van der Waals surface area contributed by atoms with Crippen LogP contribution in [0.2, 0.25) is 0 Å². The second-order valence-electron chi connectivity index (χ2n) is 13.1. The molecule has 0 unspecified atom stereocenters. The van der Waals surface area contributed by atoms with Crippen LogP contribution in [0.3, 0.4) is 0 Å². The SMILES string of the molecule is CCCCCCCC/C=C/CCCCCCCC1=NCCN1CCN.CCCCCCCC/C=C\CCCCCCCC(=O)O. The van der Waals surface area contributed by atoms with Gasteiger partial charge in [0, 0.05) is 32.5 Å². The van der Waals surface area contributed by atoms with E-state index in [1.807, 2.05) is 0 Å². The molecule has 0 aromatic rings. The van der Waals surface area contributed by atoms with Gasteiger partial charge in [0.05, 0.1) is 12.4 Å². The summed E-state index contributed by atoms with van der Waals surface area (Å²) in [4.78, 5) is 17.3. The molecule has 3 N–H and O–H groups in total. The summed E-state index contributed by atoms with van der Waals surface area (Å²) in [6.07, 6.45) is 44.9. The number of nitrogens with two attached hydrogens (primary N) is 1. The van der Waals surface area contributed by atoms with Gasteiger partial charge in [-0.05, 0) is 64.2 Å². The molecule has 5 nitrogen and oxygen atoms in total. The summed E-state index contributed by atoms with van der Waals surface area (Å²) in [7, 11) is 0. The number of hydrogen-bond donors (Lipinski definition) is 2. The fourth-order valence-corrected chi connectivity index (χ4v) is 5.86. The van der Waals surface area contributed by atoms with Crippen LogP contribution in [-0.4, -0.2) is 48.0 Å². The molecule has 0 radical (unpaired) electrons. The Hall–Kier alpha value is -1.62. The molecule has 0 spiro atoms. The van der Waals surface area contributed by atoms with E-state index in [2.05, 4.69) is 48.0 Å². The average Bonchev–Trinajstić information content (AvgIpc) is 3.48. The quantitative estimate of drug-likeness (QED) is 0.0572. The normalized spacial score (nSPS) is 13.1. The first-order valence-corrected chi connectivity index (χ1v) is 19.7. The zero-order valence-corrected chi connectivity index (χ0v) is 30.3. The Balaban J connectivity index is 0.000000884. The number of allylic oxidation sites excluding steroid dienone is 4. The van der Waals surface area contributed by atoms with Gasteiger partial charge in [-0.15, -0.1) is 0 Å². The lowest BCUT2D eigenvalue weighted by atomic mass is 10.1. The summed E-state index contributed by atoms with van der Waals surface area (Å²) < 4.78 is 0. The van der Waals surface area contributed by atoms with Crippen molar-refractivity contribution < 1.29 is 9.90 Å². The van der Waals surface area contributed by atoms with E-state index < -0.39 is 5.97 Å². The lowest BCUT2D eigenvalue weighted by molar-refractivity contribution is -0.137. The maximum absolute atomic E-state index is 10.3. The minimum Gasteiger partial charge on any atom is -0.481 e. The van der Waals surface area contributed by atoms with E-state index >= 15 is 0 Å². The van der Waals surface area contributed by atoms with Crippen LogP contribution >= 0.6 is 0 Å². The molecule has 0 aromatic carbocycles. The molecule has 1 aliphatic heterocycles. The van der Waals surface area contributed by atoms with Crippen molar-refractivity contribution in [3.8, 4) is 0 Å². The highest BCUT2D eigenvalue weighted by molar-refractivity contribution is 5.83. The topological polar surface area (TPSA) is 78.9 Å². The van der Waals surface area contributed by atoms with Crippen LogP contribution in [0.4, 0.5) is 0 Å². The number of carbonyl (C=O) groups is 1. The molecule has 1 aliphatic rings. The monoisotopic (exact) mass is 632 g/mol. The fraction of sp³-hybridized carbons (Fsp3) is 0.850. The number of amidine groups is 1.